The number of hydrogen-bond donors (Lipinski definition) is 1. The molecule has 0 saturated heterocycles. The minimum Gasteiger partial charge on any atom is -0.507 e. The number of aromatic nitrogens is 3. The van der Waals surface area contributed by atoms with Gasteiger partial charge in [0.2, 0.25) is 0 Å². The number of fused-ring (bicyclic) bond motifs is 1. The SMILES string of the molecule is [2H]c1nc(-c2cc(-c3cccc4c3nc(-c3ccccc3O)n4-c3ccc(-c4ccccc4)cc3C([2H])([2H])[2H])cc(C(C)(C)C)c2)c([2H])c(-c2c([2H])c([2H])c(C(C([2H])([2H])[2H])(C([2H])([2H])[2H])C([2H])([2H])[2H])c([2H])c2[2H])c1[2H]. The molecule has 0 amide bonds. The average molecular weight is 737 g/mol. The van der Waals surface area contributed by atoms with Gasteiger partial charge in [0.15, 0.2) is 0 Å². The van der Waals surface area contributed by atoms with E-state index < -0.39 is 97.4 Å². The number of aromatic hydroxyl groups is 1. The molecule has 272 valence electrons. The van der Waals surface area contributed by atoms with E-state index in [0.29, 0.717) is 38.9 Å². The highest BCUT2D eigenvalue weighted by Crippen LogP contribution is 2.41. The smallest absolute Gasteiger partial charge is 0.149 e. The Hall–Kier alpha value is -6.26. The normalized spacial score (nSPS) is 17.9. The maximum atomic E-state index is 11.3. The summed E-state index contributed by atoms with van der Waals surface area (Å²) < 4.78 is 165. The fourth-order valence-corrected chi connectivity index (χ4v) is 6.52. The van der Waals surface area contributed by atoms with Crippen LogP contribution in [0.3, 0.4) is 0 Å². The van der Waals surface area contributed by atoms with E-state index >= 15 is 0 Å². The van der Waals surface area contributed by atoms with Gasteiger partial charge in [-0.05, 0) is 117 Å². The zero-order valence-electron chi connectivity index (χ0n) is 49.2. The summed E-state index contributed by atoms with van der Waals surface area (Å²) in [5.41, 5.74) is -3.01. The van der Waals surface area contributed by atoms with Gasteiger partial charge < -0.3 is 5.11 Å². The van der Waals surface area contributed by atoms with Crippen molar-refractivity contribution in [1.29, 1.82) is 0 Å². The monoisotopic (exact) mass is 736 g/mol. The lowest BCUT2D eigenvalue weighted by molar-refractivity contribution is 0.477. The zero-order valence-corrected chi connectivity index (χ0v) is 30.2. The van der Waals surface area contributed by atoms with Crippen molar-refractivity contribution >= 4 is 11.0 Å². The van der Waals surface area contributed by atoms with Crippen LogP contribution >= 0.6 is 0 Å². The maximum Gasteiger partial charge on any atom is 0.149 e. The summed E-state index contributed by atoms with van der Waals surface area (Å²) in [6.07, 6.45) is -0.770. The minimum atomic E-state index is -3.94. The first-order chi connectivity index (χ1) is 34.2. The number of pyridine rings is 1. The Morgan fingerprint density at radius 1 is 0.618 bits per heavy atom. The third-order valence-electron chi connectivity index (χ3n) is 9.40. The predicted octanol–water partition coefficient (Wildman–Crippen LogP) is 13.4. The molecule has 8 rings (SSSR count). The van der Waals surface area contributed by atoms with Crippen molar-refractivity contribution in [1.82, 2.24) is 14.5 Å². The Labute approximate surface area is 351 Å². The average Bonchev–Trinajstić information content (AvgIpc) is 3.69. The first-order valence-electron chi connectivity index (χ1n) is 27.0. The lowest BCUT2D eigenvalue weighted by Crippen LogP contribution is -2.11. The van der Waals surface area contributed by atoms with Crippen LogP contribution < -0.4 is 0 Å². The van der Waals surface area contributed by atoms with Gasteiger partial charge in [0.1, 0.15) is 11.6 Å². The largest absolute Gasteiger partial charge is 0.507 e. The second kappa shape index (κ2) is 13.9. The molecule has 0 bridgehead atoms. The van der Waals surface area contributed by atoms with Crippen molar-refractivity contribution in [2.45, 2.75) is 59.0 Å². The van der Waals surface area contributed by atoms with Crippen LogP contribution in [0.5, 0.6) is 5.75 Å². The van der Waals surface area contributed by atoms with Crippen LogP contribution in [0.25, 0.3) is 72.7 Å². The quantitative estimate of drug-likeness (QED) is 0.185. The van der Waals surface area contributed by atoms with Crippen LogP contribution in [0.1, 0.15) is 84.1 Å². The van der Waals surface area contributed by atoms with Gasteiger partial charge in [0.05, 0.1) is 37.6 Å². The Bertz CT molecular complexity index is 3470. The van der Waals surface area contributed by atoms with Crippen LogP contribution in [-0.4, -0.2) is 19.6 Å². The highest BCUT2D eigenvalue weighted by atomic mass is 16.3. The molecule has 6 aromatic carbocycles. The van der Waals surface area contributed by atoms with Gasteiger partial charge in [-0.15, -0.1) is 0 Å². The summed E-state index contributed by atoms with van der Waals surface area (Å²) in [7, 11) is 0. The molecule has 2 heterocycles. The first kappa shape index (κ1) is 19.9. The van der Waals surface area contributed by atoms with Crippen molar-refractivity contribution < 1.29 is 31.2 Å². The van der Waals surface area contributed by atoms with E-state index in [-0.39, 0.29) is 34.1 Å². The van der Waals surface area contributed by atoms with E-state index in [2.05, 4.69) is 4.98 Å². The van der Waals surface area contributed by atoms with E-state index in [1.54, 1.807) is 65.2 Å². The molecule has 0 aliphatic carbocycles. The number of nitrogens with zero attached hydrogens (tertiary/aromatic N) is 3. The van der Waals surface area contributed by atoms with E-state index in [9.17, 15) is 6.48 Å². The number of aryl methyl sites for hydroxylation is 1. The van der Waals surface area contributed by atoms with Gasteiger partial charge in [-0.3, -0.25) is 9.55 Å². The van der Waals surface area contributed by atoms with Crippen LogP contribution in [-0.2, 0) is 10.8 Å². The van der Waals surface area contributed by atoms with Crippen molar-refractivity contribution in [2.24, 2.45) is 0 Å². The summed E-state index contributed by atoms with van der Waals surface area (Å²) in [6.45, 7) is -8.68. The minimum absolute atomic E-state index is 0.00804. The molecule has 4 nitrogen and oxygen atoms in total. The number of imidazole rings is 1. The third-order valence-corrected chi connectivity index (χ3v) is 9.40. The lowest BCUT2D eigenvalue weighted by Gasteiger charge is -2.22. The molecule has 1 N–H and O–H groups in total. The Morgan fingerprint density at radius 3 is 2.11 bits per heavy atom. The molecule has 0 saturated carbocycles. The molecular formula is C51H47N3O. The van der Waals surface area contributed by atoms with Crippen LogP contribution in [0.2, 0.25) is 0 Å². The fourth-order valence-electron chi connectivity index (χ4n) is 6.52. The van der Waals surface area contributed by atoms with Gasteiger partial charge in [-0.25, -0.2) is 4.98 Å². The number of rotatable bonds is 6. The van der Waals surface area contributed by atoms with Gasteiger partial charge in [-0.1, -0.05) is 132 Å². The Kier molecular flexibility index (Phi) is 5.01. The molecule has 2 aromatic heterocycles. The van der Waals surface area contributed by atoms with Crippen LogP contribution in [0.4, 0.5) is 0 Å². The third kappa shape index (κ3) is 6.97. The lowest BCUT2D eigenvalue weighted by atomic mass is 9.83. The maximum absolute atomic E-state index is 11.3. The molecular weight excluding hydrogens is 671 g/mol. The molecule has 8 aromatic rings. The van der Waals surface area contributed by atoms with Crippen LogP contribution in [0, 0.1) is 6.85 Å². The van der Waals surface area contributed by atoms with Gasteiger partial charge >= 0.3 is 0 Å². The Balaban J connectivity index is 1.40. The molecule has 0 radical (unpaired) electrons. The fraction of sp³-hybridized carbons (Fsp3) is 0.176. The summed E-state index contributed by atoms with van der Waals surface area (Å²) in [5, 5.41) is 11.3. The number of phenols is 1. The molecule has 55 heavy (non-hydrogen) atoms. The summed E-state index contributed by atoms with van der Waals surface area (Å²) in [5.74, 6) is 0.0792. The van der Waals surface area contributed by atoms with Crippen molar-refractivity contribution in [2.75, 3.05) is 0 Å². The van der Waals surface area contributed by atoms with Gasteiger partial charge in [0, 0.05) is 33.7 Å². The van der Waals surface area contributed by atoms with Crippen molar-refractivity contribution in [3.8, 4) is 67.5 Å². The molecule has 0 aliphatic heterocycles. The van der Waals surface area contributed by atoms with Gasteiger partial charge in [0.25, 0.3) is 0 Å². The second-order valence-corrected chi connectivity index (χ2v) is 14.3. The molecule has 0 fully saturated rings. The highest BCUT2D eigenvalue weighted by Gasteiger charge is 2.23. The highest BCUT2D eigenvalue weighted by molar-refractivity contribution is 5.97. The molecule has 0 aliphatic rings. The number of para-hydroxylation sites is 2. The predicted molar refractivity (Wildman–Crippen MR) is 230 cm³/mol. The number of phenolic OH excluding ortho intramolecular Hbond substituents is 1. The van der Waals surface area contributed by atoms with Crippen molar-refractivity contribution in [3.63, 3.8) is 0 Å². The second-order valence-electron chi connectivity index (χ2n) is 14.3. The zero-order chi connectivity index (χ0) is 54.6. The van der Waals surface area contributed by atoms with E-state index in [4.69, 9.17) is 29.7 Å². The summed E-state index contributed by atoms with van der Waals surface area (Å²) >= 11 is 0. The summed E-state index contributed by atoms with van der Waals surface area (Å²) in [4.78, 5) is 9.45. The van der Waals surface area contributed by atoms with Crippen molar-refractivity contribution in [3.05, 3.63) is 168 Å². The van der Waals surface area contributed by atoms with E-state index in [1.807, 2.05) is 63.2 Å². The van der Waals surface area contributed by atoms with E-state index in [0.717, 1.165) is 5.56 Å². The molecule has 0 unspecified atom stereocenters. The molecule has 0 atom stereocenters. The topological polar surface area (TPSA) is 50.9 Å². The molecule has 0 spiro atoms. The standard InChI is InChI=1S/C51H47N3O/c1-33-28-36(34-14-9-8-10-15-34)22-25-45(33)54-46-18-13-17-42(48(46)53-49(54)43-16-11-12-19-47(43)55)38-29-39(31-41(30-38)51(5,6)7)44-32-37(26-27-52-44)35-20-23-40(24-21-35)50(2,3)4/h8-32,55H,1-7H3/i1D3,2D3,3D3,4D3,20D,21D,23D,24D,26D,27D,32D. The first-order valence-corrected chi connectivity index (χ1v) is 17.5. The molecule has 4 heteroatoms. The Morgan fingerprint density at radius 2 is 1.36 bits per heavy atom. The van der Waals surface area contributed by atoms with Gasteiger partial charge in [-0.2, -0.15) is 0 Å². The number of hydrogen-bond acceptors (Lipinski definition) is 3. The number of benzene rings is 6. The summed E-state index contributed by atoms with van der Waals surface area (Å²) in [6, 6.07) is 24.9. The van der Waals surface area contributed by atoms with E-state index in [1.165, 1.54) is 6.07 Å². The van der Waals surface area contributed by atoms with Crippen LogP contribution in [0.15, 0.2) is 152 Å².